The summed E-state index contributed by atoms with van der Waals surface area (Å²) >= 11 is 0. The van der Waals surface area contributed by atoms with E-state index in [1.807, 2.05) is 0 Å². The van der Waals surface area contributed by atoms with Crippen LogP contribution in [-0.2, 0) is 19.6 Å². The molecule has 18 heavy (non-hydrogen) atoms. The molecule has 0 unspecified atom stereocenters. The second-order valence-electron chi connectivity index (χ2n) is 3.56. The van der Waals surface area contributed by atoms with Crippen molar-refractivity contribution >= 4 is 27.4 Å². The van der Waals surface area contributed by atoms with Crippen molar-refractivity contribution in [2.75, 3.05) is 22.8 Å². The third kappa shape index (κ3) is 4.62. The van der Waals surface area contributed by atoms with Gasteiger partial charge in [-0.3, -0.25) is 9.52 Å². The Morgan fingerprint density at radius 2 is 2.06 bits per heavy atom. The molecule has 0 aliphatic carbocycles. The Kier molecular flexibility index (Phi) is 4.96. The smallest absolute Gasteiger partial charge is 0.306 e. The Bertz CT molecular complexity index is 514. The van der Waals surface area contributed by atoms with Crippen LogP contribution in [0.3, 0.4) is 0 Å². The molecule has 0 radical (unpaired) electrons. The van der Waals surface area contributed by atoms with Gasteiger partial charge in [-0.15, -0.1) is 0 Å². The van der Waals surface area contributed by atoms with Gasteiger partial charge in [0.2, 0.25) is 10.0 Å². The molecule has 0 heterocycles. The highest BCUT2D eigenvalue weighted by Gasteiger charge is 2.14. The number of ether oxygens (including phenoxy) is 1. The van der Waals surface area contributed by atoms with Crippen molar-refractivity contribution in [1.82, 2.24) is 0 Å². The van der Waals surface area contributed by atoms with E-state index < -0.39 is 16.0 Å². The number of nitrogens with two attached hydrogens (primary N) is 1. The van der Waals surface area contributed by atoms with Crippen molar-refractivity contribution in [3.8, 4) is 0 Å². The average molecular weight is 272 g/mol. The highest BCUT2D eigenvalue weighted by atomic mass is 32.2. The lowest BCUT2D eigenvalue weighted by molar-refractivity contribution is -0.142. The second-order valence-corrected chi connectivity index (χ2v) is 5.41. The molecule has 0 aromatic heterocycles. The molecular weight excluding hydrogens is 256 g/mol. The van der Waals surface area contributed by atoms with Crippen molar-refractivity contribution in [2.45, 2.75) is 13.3 Å². The predicted molar refractivity (Wildman–Crippen MR) is 69.5 cm³/mol. The second kappa shape index (κ2) is 6.25. The third-order valence-electron chi connectivity index (χ3n) is 2.11. The number of carbonyl (C=O) groups is 1. The predicted octanol–water partition coefficient (Wildman–Crippen LogP) is 0.964. The number of hydrogen-bond acceptors (Lipinski definition) is 5. The fourth-order valence-electron chi connectivity index (χ4n) is 1.26. The molecule has 0 atom stereocenters. The van der Waals surface area contributed by atoms with E-state index in [9.17, 15) is 13.2 Å². The van der Waals surface area contributed by atoms with Crippen LogP contribution < -0.4 is 10.5 Å². The Hall–Kier alpha value is -1.76. The minimum Gasteiger partial charge on any atom is -0.466 e. The van der Waals surface area contributed by atoms with Crippen molar-refractivity contribution in [3.05, 3.63) is 24.3 Å². The number of sulfonamides is 1. The molecule has 100 valence electrons. The molecule has 1 rings (SSSR count). The lowest BCUT2D eigenvalue weighted by Gasteiger charge is -2.09. The van der Waals surface area contributed by atoms with Gasteiger partial charge in [-0.1, -0.05) is 12.1 Å². The van der Waals surface area contributed by atoms with E-state index in [0.717, 1.165) is 0 Å². The first kappa shape index (κ1) is 14.3. The molecule has 0 spiro atoms. The number of nitrogens with one attached hydrogen (secondary N) is 1. The van der Waals surface area contributed by atoms with Gasteiger partial charge >= 0.3 is 5.97 Å². The van der Waals surface area contributed by atoms with Gasteiger partial charge in [-0.2, -0.15) is 0 Å². The number of benzene rings is 1. The number of anilines is 2. The van der Waals surface area contributed by atoms with Crippen LogP contribution in [0.15, 0.2) is 24.3 Å². The van der Waals surface area contributed by atoms with Crippen LogP contribution in [0.2, 0.25) is 0 Å². The molecule has 0 saturated heterocycles. The molecule has 0 saturated carbocycles. The zero-order valence-corrected chi connectivity index (χ0v) is 10.9. The van der Waals surface area contributed by atoms with Crippen LogP contribution in [0.4, 0.5) is 11.4 Å². The standard InChI is InChI=1S/C11H16N2O4S/c1-2-17-11(14)7-8-18(15,16)13-10-6-4-3-5-9(10)12/h3-6,13H,2,7-8,12H2,1H3. The van der Waals surface area contributed by atoms with Crippen molar-refractivity contribution < 1.29 is 17.9 Å². The summed E-state index contributed by atoms with van der Waals surface area (Å²) in [5, 5.41) is 0. The van der Waals surface area contributed by atoms with Crippen LogP contribution in [0.25, 0.3) is 0 Å². The average Bonchev–Trinajstić information content (AvgIpc) is 2.30. The fourth-order valence-corrected chi connectivity index (χ4v) is 2.32. The maximum absolute atomic E-state index is 11.7. The Morgan fingerprint density at radius 3 is 2.67 bits per heavy atom. The summed E-state index contributed by atoms with van der Waals surface area (Å²) in [6.07, 6.45) is -0.185. The summed E-state index contributed by atoms with van der Waals surface area (Å²) in [5.74, 6) is -0.871. The lowest BCUT2D eigenvalue weighted by atomic mass is 10.3. The molecule has 7 heteroatoms. The summed E-state index contributed by atoms with van der Waals surface area (Å²) in [6, 6.07) is 6.51. The van der Waals surface area contributed by atoms with E-state index in [1.165, 1.54) is 0 Å². The zero-order valence-electron chi connectivity index (χ0n) is 10.0. The molecule has 0 bridgehead atoms. The third-order valence-corrected chi connectivity index (χ3v) is 3.38. The lowest BCUT2D eigenvalue weighted by Crippen LogP contribution is -2.20. The summed E-state index contributed by atoms with van der Waals surface area (Å²) in [7, 11) is -3.60. The molecule has 1 aromatic rings. The zero-order chi connectivity index (χ0) is 13.6. The van der Waals surface area contributed by atoms with E-state index in [1.54, 1.807) is 31.2 Å². The van der Waals surface area contributed by atoms with Gasteiger partial charge in [0.25, 0.3) is 0 Å². The highest BCUT2D eigenvalue weighted by Crippen LogP contribution is 2.18. The molecule has 0 fully saturated rings. The van der Waals surface area contributed by atoms with Crippen molar-refractivity contribution in [2.24, 2.45) is 0 Å². The first-order valence-electron chi connectivity index (χ1n) is 5.45. The fraction of sp³-hybridized carbons (Fsp3) is 0.364. The van der Waals surface area contributed by atoms with Gasteiger partial charge in [0.1, 0.15) is 0 Å². The van der Waals surface area contributed by atoms with Gasteiger partial charge in [0.05, 0.1) is 30.2 Å². The molecule has 6 nitrogen and oxygen atoms in total. The van der Waals surface area contributed by atoms with E-state index in [4.69, 9.17) is 5.73 Å². The summed E-state index contributed by atoms with van der Waals surface area (Å²) in [6.45, 7) is 1.90. The number of rotatable bonds is 6. The maximum atomic E-state index is 11.7. The molecule has 1 aromatic carbocycles. The minimum atomic E-state index is -3.60. The molecule has 3 N–H and O–H groups in total. The summed E-state index contributed by atoms with van der Waals surface area (Å²) in [5.41, 5.74) is 6.25. The van der Waals surface area contributed by atoms with Gasteiger partial charge in [-0.05, 0) is 19.1 Å². The monoisotopic (exact) mass is 272 g/mol. The van der Waals surface area contributed by atoms with Crippen LogP contribution in [0.5, 0.6) is 0 Å². The maximum Gasteiger partial charge on any atom is 0.306 e. The quantitative estimate of drug-likeness (QED) is 0.593. The highest BCUT2D eigenvalue weighted by molar-refractivity contribution is 7.92. The van der Waals surface area contributed by atoms with Crippen molar-refractivity contribution in [1.29, 1.82) is 0 Å². The largest absolute Gasteiger partial charge is 0.466 e. The van der Waals surface area contributed by atoms with E-state index in [0.29, 0.717) is 11.4 Å². The number of esters is 1. The first-order chi connectivity index (χ1) is 8.44. The minimum absolute atomic E-state index is 0.185. The molecule has 0 aliphatic heterocycles. The van der Waals surface area contributed by atoms with Gasteiger partial charge in [0, 0.05) is 0 Å². The van der Waals surface area contributed by atoms with E-state index in [-0.39, 0.29) is 18.8 Å². The van der Waals surface area contributed by atoms with Crippen LogP contribution >= 0.6 is 0 Å². The normalized spacial score (nSPS) is 10.9. The summed E-state index contributed by atoms with van der Waals surface area (Å²) < 4.78 is 30.4. The number of para-hydroxylation sites is 2. The van der Waals surface area contributed by atoms with Gasteiger partial charge in [0.15, 0.2) is 0 Å². The van der Waals surface area contributed by atoms with Crippen LogP contribution in [0, 0.1) is 0 Å². The van der Waals surface area contributed by atoms with Crippen LogP contribution in [-0.4, -0.2) is 26.7 Å². The van der Waals surface area contributed by atoms with Gasteiger partial charge in [-0.25, -0.2) is 8.42 Å². The number of nitrogen functional groups attached to an aromatic ring is 1. The molecule has 0 aliphatic rings. The van der Waals surface area contributed by atoms with E-state index >= 15 is 0 Å². The Balaban J connectivity index is 2.60. The summed E-state index contributed by atoms with van der Waals surface area (Å²) in [4.78, 5) is 11.1. The number of hydrogen-bond donors (Lipinski definition) is 2. The Labute approximate surface area is 106 Å². The van der Waals surface area contributed by atoms with Crippen LogP contribution in [0.1, 0.15) is 13.3 Å². The molecule has 0 amide bonds. The SMILES string of the molecule is CCOC(=O)CCS(=O)(=O)Nc1ccccc1N. The topological polar surface area (TPSA) is 98.5 Å². The van der Waals surface area contributed by atoms with Gasteiger partial charge < -0.3 is 10.5 Å². The Morgan fingerprint density at radius 1 is 1.39 bits per heavy atom. The van der Waals surface area contributed by atoms with Crippen molar-refractivity contribution in [3.63, 3.8) is 0 Å². The first-order valence-corrected chi connectivity index (χ1v) is 7.10. The molecular formula is C11H16N2O4S. The number of carbonyl (C=O) groups excluding carboxylic acids is 1. The van der Waals surface area contributed by atoms with E-state index in [2.05, 4.69) is 9.46 Å².